The summed E-state index contributed by atoms with van der Waals surface area (Å²) in [6.45, 7) is 11.9. The second-order valence-corrected chi connectivity index (χ2v) is 5.30. The molecule has 0 saturated heterocycles. The highest BCUT2D eigenvalue weighted by Crippen LogP contribution is 2.18. The van der Waals surface area contributed by atoms with Crippen LogP contribution < -0.4 is 5.32 Å². The fourth-order valence-electron chi connectivity index (χ4n) is 2.09. The van der Waals surface area contributed by atoms with Crippen molar-refractivity contribution in [3.8, 4) is 0 Å². The van der Waals surface area contributed by atoms with E-state index in [9.17, 15) is 5.11 Å². The van der Waals surface area contributed by atoms with Gasteiger partial charge in [-0.3, -0.25) is 0 Å². The van der Waals surface area contributed by atoms with Crippen LogP contribution in [0.25, 0.3) is 0 Å². The lowest BCUT2D eigenvalue weighted by Crippen LogP contribution is -2.35. The number of anilines is 1. The number of nitrogens with zero attached hydrogens (tertiary/aromatic N) is 1. The highest BCUT2D eigenvalue weighted by molar-refractivity contribution is 5.46. The number of likely N-dealkylation sites (N-methyl/N-ethyl adjacent to an activating group) is 1. The molecule has 2 N–H and O–H groups in total. The Balaban J connectivity index is 2.45. The lowest BCUT2D eigenvalue weighted by molar-refractivity contribution is 0.128. The quantitative estimate of drug-likeness (QED) is 0.758. The molecule has 0 fully saturated rings. The molecule has 108 valence electrons. The van der Waals surface area contributed by atoms with Gasteiger partial charge in [-0.05, 0) is 36.7 Å². The average molecular weight is 264 g/mol. The van der Waals surface area contributed by atoms with Crippen molar-refractivity contribution in [3.05, 3.63) is 29.8 Å². The lowest BCUT2D eigenvalue weighted by atomic mass is 10.0. The molecule has 3 nitrogen and oxygen atoms in total. The topological polar surface area (TPSA) is 35.5 Å². The molecular formula is C16H28N2O. The first kappa shape index (κ1) is 16.0. The van der Waals surface area contributed by atoms with Gasteiger partial charge in [-0.15, -0.1) is 0 Å². The van der Waals surface area contributed by atoms with Crippen molar-refractivity contribution < 1.29 is 5.11 Å². The number of hydrogen-bond donors (Lipinski definition) is 2. The highest BCUT2D eigenvalue weighted by Gasteiger charge is 2.08. The zero-order valence-corrected chi connectivity index (χ0v) is 12.7. The van der Waals surface area contributed by atoms with Crippen molar-refractivity contribution in [2.45, 2.75) is 39.7 Å². The lowest BCUT2D eigenvalue weighted by Gasteiger charge is -2.22. The van der Waals surface area contributed by atoms with Crippen LogP contribution in [-0.4, -0.2) is 42.3 Å². The fraction of sp³-hybridized carbons (Fsp3) is 0.625. The van der Waals surface area contributed by atoms with E-state index in [1.807, 2.05) is 0 Å². The van der Waals surface area contributed by atoms with Crippen molar-refractivity contribution in [2.75, 3.05) is 31.5 Å². The van der Waals surface area contributed by atoms with Crippen LogP contribution in [0.1, 0.15) is 39.2 Å². The third-order valence-corrected chi connectivity index (χ3v) is 3.46. The zero-order valence-electron chi connectivity index (χ0n) is 12.7. The minimum atomic E-state index is -0.331. The number of aliphatic hydroxyl groups is 1. The second kappa shape index (κ2) is 8.18. The van der Waals surface area contributed by atoms with E-state index in [0.29, 0.717) is 12.5 Å². The molecule has 1 aromatic carbocycles. The molecule has 0 bridgehead atoms. The van der Waals surface area contributed by atoms with Gasteiger partial charge >= 0.3 is 0 Å². The molecular weight excluding hydrogens is 236 g/mol. The van der Waals surface area contributed by atoms with E-state index in [2.05, 4.69) is 62.2 Å². The zero-order chi connectivity index (χ0) is 14.3. The van der Waals surface area contributed by atoms with E-state index in [0.717, 1.165) is 25.3 Å². The van der Waals surface area contributed by atoms with Gasteiger partial charge in [-0.1, -0.05) is 39.8 Å². The molecule has 1 unspecified atom stereocenters. The van der Waals surface area contributed by atoms with Crippen molar-refractivity contribution in [2.24, 2.45) is 0 Å². The summed E-state index contributed by atoms with van der Waals surface area (Å²) >= 11 is 0. The predicted molar refractivity (Wildman–Crippen MR) is 82.8 cm³/mol. The number of benzene rings is 1. The second-order valence-electron chi connectivity index (χ2n) is 5.30. The van der Waals surface area contributed by atoms with E-state index in [-0.39, 0.29) is 6.10 Å². The Kier molecular flexibility index (Phi) is 6.89. The first-order valence-electron chi connectivity index (χ1n) is 7.31. The Morgan fingerprint density at radius 2 is 1.89 bits per heavy atom. The Morgan fingerprint density at radius 3 is 2.47 bits per heavy atom. The molecule has 0 saturated carbocycles. The Labute approximate surface area is 117 Å². The van der Waals surface area contributed by atoms with E-state index < -0.39 is 0 Å². The van der Waals surface area contributed by atoms with Crippen LogP contribution in [0.15, 0.2) is 24.3 Å². The van der Waals surface area contributed by atoms with Gasteiger partial charge < -0.3 is 15.3 Å². The van der Waals surface area contributed by atoms with Gasteiger partial charge in [0.25, 0.3) is 0 Å². The van der Waals surface area contributed by atoms with E-state index in [4.69, 9.17) is 0 Å². The maximum absolute atomic E-state index is 10.0. The van der Waals surface area contributed by atoms with Gasteiger partial charge in [0, 0.05) is 18.8 Å². The number of nitrogens with one attached hydrogen (secondary N) is 1. The molecule has 0 aliphatic carbocycles. The molecule has 1 atom stereocenters. The SMILES string of the molecule is CCN(CC)CC(O)CNc1cccc(C(C)C)c1. The summed E-state index contributed by atoms with van der Waals surface area (Å²) in [6, 6.07) is 8.42. The van der Waals surface area contributed by atoms with Crippen molar-refractivity contribution in [3.63, 3.8) is 0 Å². The summed E-state index contributed by atoms with van der Waals surface area (Å²) in [6.07, 6.45) is -0.331. The smallest absolute Gasteiger partial charge is 0.0839 e. The summed E-state index contributed by atoms with van der Waals surface area (Å²) in [5, 5.41) is 13.3. The third-order valence-electron chi connectivity index (χ3n) is 3.46. The minimum Gasteiger partial charge on any atom is -0.390 e. The monoisotopic (exact) mass is 264 g/mol. The van der Waals surface area contributed by atoms with E-state index in [1.165, 1.54) is 5.56 Å². The van der Waals surface area contributed by atoms with Gasteiger partial charge in [0.1, 0.15) is 0 Å². The van der Waals surface area contributed by atoms with Crippen LogP contribution in [0.3, 0.4) is 0 Å². The first-order chi connectivity index (χ1) is 9.06. The molecule has 1 rings (SSSR count). The summed E-state index contributed by atoms with van der Waals surface area (Å²) in [4.78, 5) is 2.23. The molecule has 0 aliphatic rings. The van der Waals surface area contributed by atoms with Crippen molar-refractivity contribution >= 4 is 5.69 Å². The molecule has 0 amide bonds. The molecule has 0 aromatic heterocycles. The summed E-state index contributed by atoms with van der Waals surface area (Å²) in [5.74, 6) is 0.530. The third kappa shape index (κ3) is 5.62. The Hall–Kier alpha value is -1.06. The molecule has 3 heteroatoms. The van der Waals surface area contributed by atoms with Crippen LogP contribution in [0.2, 0.25) is 0 Å². The summed E-state index contributed by atoms with van der Waals surface area (Å²) in [5.41, 5.74) is 2.41. The molecule has 0 radical (unpaired) electrons. The first-order valence-corrected chi connectivity index (χ1v) is 7.31. The minimum absolute atomic E-state index is 0.331. The van der Waals surface area contributed by atoms with Gasteiger partial charge in [-0.2, -0.15) is 0 Å². The highest BCUT2D eigenvalue weighted by atomic mass is 16.3. The van der Waals surface area contributed by atoms with Crippen molar-refractivity contribution in [1.82, 2.24) is 4.90 Å². The molecule has 0 aliphatic heterocycles. The van der Waals surface area contributed by atoms with Gasteiger partial charge in [0.15, 0.2) is 0 Å². The van der Waals surface area contributed by atoms with Crippen LogP contribution in [0.5, 0.6) is 0 Å². The van der Waals surface area contributed by atoms with Crippen LogP contribution in [0.4, 0.5) is 5.69 Å². The normalized spacial score (nSPS) is 13.0. The van der Waals surface area contributed by atoms with Crippen molar-refractivity contribution in [1.29, 1.82) is 0 Å². The Morgan fingerprint density at radius 1 is 1.21 bits per heavy atom. The molecule has 0 spiro atoms. The molecule has 0 heterocycles. The summed E-state index contributed by atoms with van der Waals surface area (Å²) in [7, 11) is 0. The van der Waals surface area contributed by atoms with Gasteiger partial charge in [-0.25, -0.2) is 0 Å². The molecule has 19 heavy (non-hydrogen) atoms. The number of aliphatic hydroxyl groups excluding tert-OH is 1. The van der Waals surface area contributed by atoms with Gasteiger partial charge in [0.05, 0.1) is 6.10 Å². The fourth-order valence-corrected chi connectivity index (χ4v) is 2.09. The standard InChI is InChI=1S/C16H28N2O/c1-5-18(6-2)12-16(19)11-17-15-9-7-8-14(10-15)13(3)4/h7-10,13,16-17,19H,5-6,11-12H2,1-4H3. The van der Waals surface area contributed by atoms with E-state index in [1.54, 1.807) is 0 Å². The number of hydrogen-bond acceptors (Lipinski definition) is 3. The Bertz CT molecular complexity index is 362. The average Bonchev–Trinajstić information content (AvgIpc) is 2.42. The maximum atomic E-state index is 10.0. The largest absolute Gasteiger partial charge is 0.390 e. The summed E-state index contributed by atoms with van der Waals surface area (Å²) < 4.78 is 0. The van der Waals surface area contributed by atoms with Crippen LogP contribution in [-0.2, 0) is 0 Å². The molecule has 1 aromatic rings. The maximum Gasteiger partial charge on any atom is 0.0839 e. The van der Waals surface area contributed by atoms with E-state index >= 15 is 0 Å². The van der Waals surface area contributed by atoms with Crippen LogP contribution in [0, 0.1) is 0 Å². The van der Waals surface area contributed by atoms with Crippen LogP contribution >= 0.6 is 0 Å². The van der Waals surface area contributed by atoms with Gasteiger partial charge in [0.2, 0.25) is 0 Å². The number of rotatable bonds is 8. The predicted octanol–water partition coefficient (Wildman–Crippen LogP) is 2.92.